The molecule has 0 spiro atoms. The summed E-state index contributed by atoms with van der Waals surface area (Å²) in [6.45, 7) is 3.06. The number of nitrogens with zero attached hydrogens (tertiary/aromatic N) is 4. The standard InChI is InChI=1S/C16H19ClN4O2/c1-10-18-15(23-19-10)9-21-8-11(6-16(22)20(2)3)13-7-12(17)4-5-14(13)21/h4-5,7,11H,6,8-9H2,1-3H3. The maximum absolute atomic E-state index is 12.1. The molecule has 1 unspecified atom stereocenters. The van der Waals surface area contributed by atoms with Gasteiger partial charge in [0.15, 0.2) is 5.82 Å². The van der Waals surface area contributed by atoms with Gasteiger partial charge in [-0.15, -0.1) is 0 Å². The fourth-order valence-corrected chi connectivity index (χ4v) is 3.07. The van der Waals surface area contributed by atoms with Crippen LogP contribution in [0.25, 0.3) is 0 Å². The molecule has 0 radical (unpaired) electrons. The Labute approximate surface area is 140 Å². The number of carbonyl (C=O) groups excluding carboxylic acids is 1. The number of carbonyl (C=O) groups is 1. The van der Waals surface area contributed by atoms with Gasteiger partial charge in [0.25, 0.3) is 0 Å². The number of hydrogen-bond acceptors (Lipinski definition) is 5. The van der Waals surface area contributed by atoms with Crippen molar-refractivity contribution in [3.8, 4) is 0 Å². The monoisotopic (exact) mass is 334 g/mol. The molecule has 1 aromatic carbocycles. The van der Waals surface area contributed by atoms with Gasteiger partial charge in [-0.25, -0.2) is 0 Å². The second-order valence-electron chi connectivity index (χ2n) is 6.01. The minimum atomic E-state index is 0.108. The van der Waals surface area contributed by atoms with Gasteiger partial charge in [-0.2, -0.15) is 4.98 Å². The van der Waals surface area contributed by atoms with Gasteiger partial charge in [-0.05, 0) is 30.7 Å². The third kappa shape index (κ3) is 3.32. The van der Waals surface area contributed by atoms with E-state index in [-0.39, 0.29) is 11.8 Å². The largest absolute Gasteiger partial charge is 0.361 e. The maximum Gasteiger partial charge on any atom is 0.246 e. The zero-order valence-electron chi connectivity index (χ0n) is 13.4. The Balaban J connectivity index is 1.85. The molecule has 6 nitrogen and oxygen atoms in total. The van der Waals surface area contributed by atoms with Crippen LogP contribution < -0.4 is 4.90 Å². The summed E-state index contributed by atoms with van der Waals surface area (Å²) in [6.07, 6.45) is 0.458. The Bertz CT molecular complexity index is 729. The van der Waals surface area contributed by atoms with Crippen molar-refractivity contribution in [2.75, 3.05) is 25.5 Å². The molecular formula is C16H19ClN4O2. The molecule has 1 aliphatic rings. The highest BCUT2D eigenvalue weighted by atomic mass is 35.5. The van der Waals surface area contributed by atoms with E-state index in [1.165, 1.54) is 0 Å². The fraction of sp³-hybridized carbons (Fsp3) is 0.438. The molecule has 7 heteroatoms. The summed E-state index contributed by atoms with van der Waals surface area (Å²) in [5.74, 6) is 1.41. The summed E-state index contributed by atoms with van der Waals surface area (Å²) in [7, 11) is 3.55. The van der Waals surface area contributed by atoms with Crippen LogP contribution in [0.3, 0.4) is 0 Å². The van der Waals surface area contributed by atoms with Crippen LogP contribution in [0, 0.1) is 6.92 Å². The minimum absolute atomic E-state index is 0.108. The van der Waals surface area contributed by atoms with Gasteiger partial charge >= 0.3 is 0 Å². The molecule has 1 atom stereocenters. The van der Waals surface area contributed by atoms with E-state index in [2.05, 4.69) is 15.0 Å². The van der Waals surface area contributed by atoms with Crippen LogP contribution >= 0.6 is 11.6 Å². The second-order valence-corrected chi connectivity index (χ2v) is 6.44. The van der Waals surface area contributed by atoms with Crippen LogP contribution in [0.1, 0.15) is 29.6 Å². The van der Waals surface area contributed by atoms with Crippen LogP contribution in [0.5, 0.6) is 0 Å². The third-order valence-electron chi connectivity index (χ3n) is 4.03. The van der Waals surface area contributed by atoms with Crippen molar-refractivity contribution in [1.82, 2.24) is 15.0 Å². The van der Waals surface area contributed by atoms with Crippen molar-refractivity contribution in [2.45, 2.75) is 25.8 Å². The highest BCUT2D eigenvalue weighted by Gasteiger charge is 2.31. The number of rotatable bonds is 4. The first kappa shape index (κ1) is 15.8. The number of fused-ring (bicyclic) bond motifs is 1. The van der Waals surface area contributed by atoms with Gasteiger partial charge in [0.2, 0.25) is 11.8 Å². The number of anilines is 1. The molecule has 122 valence electrons. The molecule has 1 aromatic heterocycles. The van der Waals surface area contributed by atoms with Crippen molar-refractivity contribution in [3.05, 3.63) is 40.5 Å². The fourth-order valence-electron chi connectivity index (χ4n) is 2.89. The molecular weight excluding hydrogens is 316 g/mol. The number of amides is 1. The summed E-state index contributed by atoms with van der Waals surface area (Å²) in [6, 6.07) is 5.80. The van der Waals surface area contributed by atoms with Gasteiger partial charge < -0.3 is 14.3 Å². The van der Waals surface area contributed by atoms with Crippen LogP contribution in [-0.2, 0) is 11.3 Å². The summed E-state index contributed by atoms with van der Waals surface area (Å²) < 4.78 is 5.22. The summed E-state index contributed by atoms with van der Waals surface area (Å²) >= 11 is 6.14. The first-order valence-corrected chi connectivity index (χ1v) is 7.85. The first-order valence-electron chi connectivity index (χ1n) is 7.48. The lowest BCUT2D eigenvalue weighted by Gasteiger charge is -2.18. The molecule has 0 saturated carbocycles. The van der Waals surface area contributed by atoms with Crippen molar-refractivity contribution in [3.63, 3.8) is 0 Å². The molecule has 0 fully saturated rings. The van der Waals surface area contributed by atoms with E-state index in [0.717, 1.165) is 17.8 Å². The second kappa shape index (κ2) is 6.20. The highest BCUT2D eigenvalue weighted by Crippen LogP contribution is 2.40. The van der Waals surface area contributed by atoms with Gasteiger partial charge in [0.1, 0.15) is 0 Å². The smallest absolute Gasteiger partial charge is 0.246 e. The molecule has 0 bridgehead atoms. The lowest BCUT2D eigenvalue weighted by atomic mass is 9.97. The van der Waals surface area contributed by atoms with Crippen molar-refractivity contribution < 1.29 is 9.32 Å². The molecule has 1 amide bonds. The van der Waals surface area contributed by atoms with Crippen molar-refractivity contribution >= 4 is 23.2 Å². The summed E-state index contributed by atoms with van der Waals surface area (Å²) in [4.78, 5) is 20.1. The molecule has 1 aliphatic heterocycles. The van der Waals surface area contributed by atoms with Gasteiger partial charge in [-0.3, -0.25) is 4.79 Å². The zero-order chi connectivity index (χ0) is 16.6. The van der Waals surface area contributed by atoms with E-state index in [0.29, 0.717) is 29.7 Å². The highest BCUT2D eigenvalue weighted by molar-refractivity contribution is 6.30. The van der Waals surface area contributed by atoms with E-state index >= 15 is 0 Å². The number of halogens is 1. The quantitative estimate of drug-likeness (QED) is 0.860. The van der Waals surface area contributed by atoms with E-state index < -0.39 is 0 Å². The van der Waals surface area contributed by atoms with Crippen LogP contribution in [0.2, 0.25) is 5.02 Å². The number of hydrogen-bond donors (Lipinski definition) is 0. The van der Waals surface area contributed by atoms with Crippen LogP contribution in [-0.4, -0.2) is 41.6 Å². The van der Waals surface area contributed by atoms with Crippen LogP contribution in [0.4, 0.5) is 5.69 Å². The summed E-state index contributed by atoms with van der Waals surface area (Å²) in [5, 5.41) is 4.51. The Morgan fingerprint density at radius 2 is 2.26 bits per heavy atom. The molecule has 0 N–H and O–H groups in total. The lowest BCUT2D eigenvalue weighted by molar-refractivity contribution is -0.129. The van der Waals surface area contributed by atoms with Gasteiger partial charge in [0.05, 0.1) is 6.54 Å². The van der Waals surface area contributed by atoms with E-state index in [1.54, 1.807) is 25.9 Å². The summed E-state index contributed by atoms with van der Waals surface area (Å²) in [5.41, 5.74) is 2.17. The van der Waals surface area contributed by atoms with E-state index in [9.17, 15) is 4.79 Å². The van der Waals surface area contributed by atoms with Gasteiger partial charge in [0, 0.05) is 43.7 Å². The Kier molecular flexibility index (Phi) is 4.26. The lowest BCUT2D eigenvalue weighted by Crippen LogP contribution is -2.26. The average Bonchev–Trinajstić information content (AvgIpc) is 3.04. The molecule has 23 heavy (non-hydrogen) atoms. The van der Waals surface area contributed by atoms with Crippen LogP contribution in [0.15, 0.2) is 22.7 Å². The maximum atomic E-state index is 12.1. The number of benzene rings is 1. The molecule has 0 saturated heterocycles. The van der Waals surface area contributed by atoms with Gasteiger partial charge in [-0.1, -0.05) is 16.8 Å². The first-order chi connectivity index (χ1) is 10.9. The van der Waals surface area contributed by atoms with Crippen molar-refractivity contribution in [1.29, 1.82) is 0 Å². The predicted octanol–water partition coefficient (Wildman–Crippen LogP) is 2.61. The number of aromatic nitrogens is 2. The van der Waals surface area contributed by atoms with E-state index in [1.807, 2.05) is 18.2 Å². The van der Waals surface area contributed by atoms with Crippen molar-refractivity contribution in [2.24, 2.45) is 0 Å². The predicted molar refractivity (Wildman–Crippen MR) is 87.6 cm³/mol. The zero-order valence-corrected chi connectivity index (χ0v) is 14.2. The normalized spacial score (nSPS) is 16.5. The third-order valence-corrected chi connectivity index (χ3v) is 4.26. The number of aryl methyl sites for hydroxylation is 1. The van der Waals surface area contributed by atoms with E-state index in [4.69, 9.17) is 16.1 Å². The molecule has 3 rings (SSSR count). The Morgan fingerprint density at radius 1 is 1.48 bits per heavy atom. The Morgan fingerprint density at radius 3 is 2.91 bits per heavy atom. The SMILES string of the molecule is Cc1noc(CN2CC(CC(=O)N(C)C)c3cc(Cl)ccc32)n1. The topological polar surface area (TPSA) is 62.5 Å². The molecule has 0 aliphatic carbocycles. The average molecular weight is 335 g/mol. The molecule has 2 heterocycles. The Hall–Kier alpha value is -2.08. The molecule has 2 aromatic rings. The minimum Gasteiger partial charge on any atom is -0.361 e.